The zero-order valence-corrected chi connectivity index (χ0v) is 12.8. The molecular formula is C16H20F2O2S. The van der Waals surface area contributed by atoms with E-state index in [0.29, 0.717) is 17.2 Å². The van der Waals surface area contributed by atoms with E-state index in [4.69, 9.17) is 0 Å². The fourth-order valence-corrected chi connectivity index (χ4v) is 4.46. The van der Waals surface area contributed by atoms with Gasteiger partial charge in [-0.3, -0.25) is 4.79 Å². The molecule has 1 aliphatic rings. The molecule has 0 radical (unpaired) electrons. The maximum Gasteiger partial charge on any atom is 0.307 e. The summed E-state index contributed by atoms with van der Waals surface area (Å²) in [4.78, 5) is 11.7. The van der Waals surface area contributed by atoms with E-state index in [1.807, 2.05) is 0 Å². The number of hydrogen-bond acceptors (Lipinski definition) is 2. The summed E-state index contributed by atoms with van der Waals surface area (Å²) in [5.41, 5.74) is 0. The van der Waals surface area contributed by atoms with E-state index in [-0.39, 0.29) is 5.25 Å². The minimum Gasteiger partial charge on any atom is -0.481 e. The van der Waals surface area contributed by atoms with Crippen molar-refractivity contribution in [2.45, 2.75) is 49.2 Å². The third-order valence-corrected chi connectivity index (χ3v) is 5.50. The number of carboxylic acids is 1. The number of rotatable bonds is 5. The van der Waals surface area contributed by atoms with Crippen LogP contribution in [-0.2, 0) is 4.79 Å². The molecule has 1 saturated carbocycles. The van der Waals surface area contributed by atoms with Gasteiger partial charge in [-0.2, -0.15) is 0 Å². The van der Waals surface area contributed by atoms with E-state index in [0.717, 1.165) is 31.7 Å². The first-order valence-electron chi connectivity index (χ1n) is 7.35. The number of thioether (sulfide) groups is 1. The molecule has 0 amide bonds. The summed E-state index contributed by atoms with van der Waals surface area (Å²) in [7, 11) is 0. The molecule has 1 aromatic carbocycles. The van der Waals surface area contributed by atoms with E-state index in [9.17, 15) is 18.7 Å². The van der Waals surface area contributed by atoms with Gasteiger partial charge >= 0.3 is 5.97 Å². The Kier molecular flexibility index (Phi) is 5.62. The van der Waals surface area contributed by atoms with Crippen LogP contribution in [0.5, 0.6) is 0 Å². The minimum atomic E-state index is -0.815. The molecule has 116 valence electrons. The Balaban J connectivity index is 2.13. The third-order valence-electron chi connectivity index (χ3n) is 4.09. The number of carbonyl (C=O) groups is 1. The van der Waals surface area contributed by atoms with Crippen LogP contribution in [0.4, 0.5) is 8.78 Å². The zero-order chi connectivity index (χ0) is 15.4. The first-order chi connectivity index (χ1) is 10.0. The Morgan fingerprint density at radius 1 is 1.38 bits per heavy atom. The van der Waals surface area contributed by atoms with Gasteiger partial charge in [0.15, 0.2) is 0 Å². The molecule has 2 nitrogen and oxygen atoms in total. The number of aliphatic carboxylic acids is 1. The lowest BCUT2D eigenvalue weighted by molar-refractivity contribution is -0.142. The van der Waals surface area contributed by atoms with Crippen LogP contribution < -0.4 is 0 Å². The average Bonchev–Trinajstić information content (AvgIpc) is 2.42. The first-order valence-corrected chi connectivity index (χ1v) is 8.23. The second-order valence-electron chi connectivity index (χ2n) is 5.64. The highest BCUT2D eigenvalue weighted by Crippen LogP contribution is 2.42. The van der Waals surface area contributed by atoms with Gasteiger partial charge in [-0.15, -0.1) is 11.8 Å². The highest BCUT2D eigenvalue weighted by Gasteiger charge is 2.35. The summed E-state index contributed by atoms with van der Waals surface area (Å²) in [5.74, 6) is -1.98. The summed E-state index contributed by atoms with van der Waals surface area (Å²) < 4.78 is 26.7. The second kappa shape index (κ2) is 7.25. The van der Waals surface area contributed by atoms with E-state index < -0.39 is 23.5 Å². The van der Waals surface area contributed by atoms with Crippen LogP contribution >= 0.6 is 11.8 Å². The molecular weight excluding hydrogens is 294 g/mol. The Morgan fingerprint density at radius 2 is 2.14 bits per heavy atom. The summed E-state index contributed by atoms with van der Waals surface area (Å²) in [5, 5.41) is 9.20. The SMILES string of the molecule is CCCC1CCC(C(=O)O)C(Sc2ccc(F)cc2F)C1. The summed E-state index contributed by atoms with van der Waals surface area (Å²) in [6.07, 6.45) is 4.50. The lowest BCUT2D eigenvalue weighted by Crippen LogP contribution is -2.32. The molecule has 3 unspecified atom stereocenters. The van der Waals surface area contributed by atoms with Gasteiger partial charge in [-0.25, -0.2) is 8.78 Å². The molecule has 1 N–H and O–H groups in total. The number of hydrogen-bond donors (Lipinski definition) is 1. The van der Waals surface area contributed by atoms with Crippen molar-refractivity contribution >= 4 is 17.7 Å². The summed E-state index contributed by atoms with van der Waals surface area (Å²) >= 11 is 1.24. The van der Waals surface area contributed by atoms with Gasteiger partial charge in [-0.05, 0) is 37.3 Å². The maximum atomic E-state index is 13.8. The van der Waals surface area contributed by atoms with Crippen molar-refractivity contribution < 1.29 is 18.7 Å². The van der Waals surface area contributed by atoms with Crippen LogP contribution in [0.2, 0.25) is 0 Å². The zero-order valence-electron chi connectivity index (χ0n) is 12.0. The van der Waals surface area contributed by atoms with E-state index >= 15 is 0 Å². The van der Waals surface area contributed by atoms with Crippen LogP contribution in [0, 0.1) is 23.5 Å². The van der Waals surface area contributed by atoms with Crippen LogP contribution in [0.1, 0.15) is 39.0 Å². The molecule has 0 heterocycles. The lowest BCUT2D eigenvalue weighted by atomic mass is 9.80. The van der Waals surface area contributed by atoms with Crippen LogP contribution in [0.15, 0.2) is 23.1 Å². The summed E-state index contributed by atoms with van der Waals surface area (Å²) in [6, 6.07) is 3.47. The van der Waals surface area contributed by atoms with E-state index in [2.05, 4.69) is 6.92 Å². The maximum absolute atomic E-state index is 13.8. The van der Waals surface area contributed by atoms with Crippen molar-refractivity contribution in [3.63, 3.8) is 0 Å². The molecule has 1 fully saturated rings. The highest BCUT2D eigenvalue weighted by molar-refractivity contribution is 8.00. The first kappa shape index (κ1) is 16.3. The quantitative estimate of drug-likeness (QED) is 0.854. The van der Waals surface area contributed by atoms with Gasteiger partial charge in [0.2, 0.25) is 0 Å². The van der Waals surface area contributed by atoms with E-state index in [1.54, 1.807) is 0 Å². The predicted molar refractivity (Wildman–Crippen MR) is 79.4 cm³/mol. The molecule has 0 aliphatic heterocycles. The Labute approximate surface area is 127 Å². The molecule has 3 atom stereocenters. The fraction of sp³-hybridized carbons (Fsp3) is 0.562. The number of benzene rings is 1. The van der Waals surface area contributed by atoms with Gasteiger partial charge in [-0.1, -0.05) is 19.8 Å². The topological polar surface area (TPSA) is 37.3 Å². The monoisotopic (exact) mass is 314 g/mol. The minimum absolute atomic E-state index is 0.146. The molecule has 21 heavy (non-hydrogen) atoms. The van der Waals surface area contributed by atoms with Crippen molar-refractivity contribution in [2.24, 2.45) is 11.8 Å². The lowest BCUT2D eigenvalue weighted by Gasteiger charge is -2.33. The fourth-order valence-electron chi connectivity index (χ4n) is 3.03. The van der Waals surface area contributed by atoms with Crippen molar-refractivity contribution in [1.29, 1.82) is 0 Å². The predicted octanol–water partition coefficient (Wildman–Crippen LogP) is 4.73. The van der Waals surface area contributed by atoms with Crippen LogP contribution in [0.3, 0.4) is 0 Å². The smallest absolute Gasteiger partial charge is 0.307 e. The van der Waals surface area contributed by atoms with Gasteiger partial charge in [0.25, 0.3) is 0 Å². The molecule has 0 bridgehead atoms. The van der Waals surface area contributed by atoms with Crippen molar-refractivity contribution in [1.82, 2.24) is 0 Å². The molecule has 0 spiro atoms. The second-order valence-corrected chi connectivity index (χ2v) is 6.92. The average molecular weight is 314 g/mol. The summed E-state index contributed by atoms with van der Waals surface area (Å²) in [6.45, 7) is 2.12. The van der Waals surface area contributed by atoms with Gasteiger partial charge in [0, 0.05) is 16.2 Å². The van der Waals surface area contributed by atoms with Crippen LogP contribution in [0.25, 0.3) is 0 Å². The number of carboxylic acid groups (broad SMARTS) is 1. The normalized spacial score (nSPS) is 25.8. The van der Waals surface area contributed by atoms with Gasteiger partial charge < -0.3 is 5.11 Å². The van der Waals surface area contributed by atoms with E-state index in [1.165, 1.54) is 23.9 Å². The molecule has 1 aliphatic carbocycles. The van der Waals surface area contributed by atoms with Crippen molar-refractivity contribution in [3.8, 4) is 0 Å². The Hall–Kier alpha value is -1.10. The van der Waals surface area contributed by atoms with Crippen molar-refractivity contribution in [3.05, 3.63) is 29.8 Å². The Morgan fingerprint density at radius 3 is 2.76 bits per heavy atom. The largest absolute Gasteiger partial charge is 0.481 e. The molecule has 1 aromatic rings. The van der Waals surface area contributed by atoms with Gasteiger partial charge in [0.1, 0.15) is 11.6 Å². The molecule has 0 saturated heterocycles. The molecule has 5 heteroatoms. The Bertz CT molecular complexity index is 507. The molecule has 0 aromatic heterocycles. The highest BCUT2D eigenvalue weighted by atomic mass is 32.2. The molecule has 2 rings (SSSR count). The standard InChI is InChI=1S/C16H20F2O2S/c1-2-3-10-4-6-12(16(19)20)15(8-10)21-14-7-5-11(17)9-13(14)18/h5,7,9-10,12,15H,2-4,6,8H2,1H3,(H,19,20). The van der Waals surface area contributed by atoms with Crippen molar-refractivity contribution in [2.75, 3.05) is 0 Å². The number of halogens is 2. The van der Waals surface area contributed by atoms with Crippen LogP contribution in [-0.4, -0.2) is 16.3 Å². The van der Waals surface area contributed by atoms with Gasteiger partial charge in [0.05, 0.1) is 5.92 Å². The third kappa shape index (κ3) is 4.19.